The number of aryl methyl sites for hydroxylation is 1. The maximum atomic E-state index is 11.2. The van der Waals surface area contributed by atoms with Crippen molar-refractivity contribution in [2.45, 2.75) is 6.54 Å². The lowest BCUT2D eigenvalue weighted by molar-refractivity contribution is 0.0999. The maximum absolute atomic E-state index is 11.2. The summed E-state index contributed by atoms with van der Waals surface area (Å²) < 4.78 is 1.86. The van der Waals surface area contributed by atoms with Crippen molar-refractivity contribution in [3.8, 4) is 0 Å². The quantitative estimate of drug-likeness (QED) is 0.723. The average molecular weight is 273 g/mol. The number of aromatic nitrogens is 2. The largest absolute Gasteiger partial charge is 0.379 e. The van der Waals surface area contributed by atoms with Crippen LogP contribution in [0.25, 0.3) is 0 Å². The molecule has 0 radical (unpaired) electrons. The van der Waals surface area contributed by atoms with Crippen molar-refractivity contribution in [2.24, 2.45) is 18.5 Å². The normalized spacial score (nSPS) is 10.2. The molecule has 1 aromatic carbocycles. The van der Waals surface area contributed by atoms with Crippen LogP contribution >= 0.6 is 0 Å². The van der Waals surface area contributed by atoms with Gasteiger partial charge in [-0.1, -0.05) is 0 Å². The van der Waals surface area contributed by atoms with Gasteiger partial charge in [0.15, 0.2) is 0 Å². The number of carbonyl (C=O) groups is 2. The number of hydrogen-bond donors (Lipinski definition) is 3. The summed E-state index contributed by atoms with van der Waals surface area (Å²) in [5, 5.41) is 3.10. The molecule has 1 aromatic heterocycles. The summed E-state index contributed by atoms with van der Waals surface area (Å²) in [4.78, 5) is 26.5. The van der Waals surface area contributed by atoms with E-state index in [0.29, 0.717) is 12.2 Å². The first-order valence-electron chi connectivity index (χ1n) is 5.91. The third kappa shape index (κ3) is 2.94. The third-order valence-electron chi connectivity index (χ3n) is 2.89. The van der Waals surface area contributed by atoms with Crippen LogP contribution in [0, 0.1) is 0 Å². The highest BCUT2D eigenvalue weighted by Gasteiger charge is 2.09. The lowest BCUT2D eigenvalue weighted by Gasteiger charge is -2.09. The Balaban J connectivity index is 2.24. The fourth-order valence-electron chi connectivity index (χ4n) is 1.76. The van der Waals surface area contributed by atoms with Crippen molar-refractivity contribution in [3.05, 3.63) is 47.5 Å². The van der Waals surface area contributed by atoms with Gasteiger partial charge in [0.1, 0.15) is 0 Å². The highest BCUT2D eigenvalue weighted by molar-refractivity contribution is 5.99. The van der Waals surface area contributed by atoms with E-state index in [1.807, 2.05) is 11.6 Å². The fraction of sp³-hybridized carbons (Fsp3) is 0.154. The first-order chi connectivity index (χ1) is 9.47. The zero-order chi connectivity index (χ0) is 14.7. The fourth-order valence-corrected chi connectivity index (χ4v) is 1.76. The van der Waals surface area contributed by atoms with Crippen LogP contribution in [0.3, 0.4) is 0 Å². The Morgan fingerprint density at radius 3 is 2.25 bits per heavy atom. The molecule has 2 rings (SSSR count). The van der Waals surface area contributed by atoms with E-state index in [2.05, 4.69) is 10.3 Å². The van der Waals surface area contributed by atoms with Crippen molar-refractivity contribution in [1.29, 1.82) is 0 Å². The average Bonchev–Trinajstić information content (AvgIpc) is 2.81. The smallest absolute Gasteiger partial charge is 0.248 e. The number of anilines is 1. The van der Waals surface area contributed by atoms with Crippen LogP contribution in [0.1, 0.15) is 26.4 Å². The number of nitrogens with one attached hydrogen (secondary N) is 1. The minimum absolute atomic E-state index is 0.230. The van der Waals surface area contributed by atoms with E-state index in [4.69, 9.17) is 11.5 Å². The number of nitrogens with two attached hydrogens (primary N) is 2. The van der Waals surface area contributed by atoms with Gasteiger partial charge in [-0.2, -0.15) is 0 Å². The highest BCUT2D eigenvalue weighted by atomic mass is 16.1. The van der Waals surface area contributed by atoms with Crippen molar-refractivity contribution in [2.75, 3.05) is 5.32 Å². The molecule has 20 heavy (non-hydrogen) atoms. The minimum Gasteiger partial charge on any atom is -0.379 e. The van der Waals surface area contributed by atoms with Crippen LogP contribution in [0.2, 0.25) is 0 Å². The predicted octanol–water partition coefficient (Wildman–Crippen LogP) is 0.230. The second-order valence-corrected chi connectivity index (χ2v) is 4.38. The number of benzene rings is 1. The van der Waals surface area contributed by atoms with Gasteiger partial charge in [-0.15, -0.1) is 0 Å². The Hall–Kier alpha value is -2.83. The van der Waals surface area contributed by atoms with Gasteiger partial charge in [0, 0.05) is 30.1 Å². The molecule has 0 aliphatic heterocycles. The number of primary amides is 2. The zero-order valence-corrected chi connectivity index (χ0v) is 11.0. The van der Waals surface area contributed by atoms with E-state index in [9.17, 15) is 9.59 Å². The monoisotopic (exact) mass is 273 g/mol. The number of rotatable bonds is 5. The third-order valence-corrected chi connectivity index (χ3v) is 2.89. The summed E-state index contributed by atoms with van der Waals surface area (Å²) >= 11 is 0. The van der Waals surface area contributed by atoms with Gasteiger partial charge >= 0.3 is 0 Å². The Morgan fingerprint density at radius 1 is 1.20 bits per heavy atom. The van der Waals surface area contributed by atoms with E-state index >= 15 is 0 Å². The van der Waals surface area contributed by atoms with Crippen molar-refractivity contribution < 1.29 is 9.59 Å². The zero-order valence-electron chi connectivity index (χ0n) is 11.0. The molecule has 0 bridgehead atoms. The minimum atomic E-state index is -0.614. The van der Waals surface area contributed by atoms with Crippen LogP contribution in [0.15, 0.2) is 30.7 Å². The summed E-state index contributed by atoms with van der Waals surface area (Å²) in [7, 11) is 1.87. The van der Waals surface area contributed by atoms with E-state index in [1.54, 1.807) is 24.7 Å². The van der Waals surface area contributed by atoms with E-state index in [-0.39, 0.29) is 11.1 Å². The lowest BCUT2D eigenvalue weighted by atomic mass is 10.1. The number of hydrogen-bond acceptors (Lipinski definition) is 4. The SMILES string of the molecule is Cn1cncc1CNc1cc(C(N)=O)cc(C(N)=O)c1. The predicted molar refractivity (Wildman–Crippen MR) is 74.0 cm³/mol. The molecule has 0 fully saturated rings. The Kier molecular flexibility index (Phi) is 3.69. The molecule has 0 aliphatic carbocycles. The molecule has 0 spiro atoms. The van der Waals surface area contributed by atoms with Crippen LogP contribution in [0.5, 0.6) is 0 Å². The maximum Gasteiger partial charge on any atom is 0.248 e. The van der Waals surface area contributed by atoms with Gasteiger partial charge in [0.2, 0.25) is 11.8 Å². The summed E-state index contributed by atoms with van der Waals surface area (Å²) in [6.07, 6.45) is 3.41. The van der Waals surface area contributed by atoms with Gasteiger partial charge in [0.25, 0.3) is 0 Å². The van der Waals surface area contributed by atoms with Gasteiger partial charge < -0.3 is 21.4 Å². The van der Waals surface area contributed by atoms with E-state index in [1.165, 1.54) is 6.07 Å². The Morgan fingerprint density at radius 2 is 1.80 bits per heavy atom. The molecule has 0 aliphatic rings. The molecule has 2 amide bonds. The number of amides is 2. The molecule has 7 heteroatoms. The van der Waals surface area contributed by atoms with Crippen molar-refractivity contribution in [1.82, 2.24) is 9.55 Å². The summed E-state index contributed by atoms with van der Waals surface area (Å²) in [6, 6.07) is 4.52. The molecular weight excluding hydrogens is 258 g/mol. The Bertz CT molecular complexity index is 630. The molecule has 0 saturated heterocycles. The molecule has 0 saturated carbocycles. The van der Waals surface area contributed by atoms with Crippen molar-refractivity contribution in [3.63, 3.8) is 0 Å². The van der Waals surface area contributed by atoms with Gasteiger partial charge in [-0.3, -0.25) is 9.59 Å². The van der Waals surface area contributed by atoms with Crippen LogP contribution in [-0.4, -0.2) is 21.4 Å². The lowest BCUT2D eigenvalue weighted by Crippen LogP contribution is -2.16. The molecular formula is C13H15N5O2. The molecule has 0 unspecified atom stereocenters. The summed E-state index contributed by atoms with van der Waals surface area (Å²) in [6.45, 7) is 0.497. The van der Waals surface area contributed by atoms with Gasteiger partial charge in [-0.05, 0) is 18.2 Å². The number of imidazole rings is 1. The topological polar surface area (TPSA) is 116 Å². The molecule has 104 valence electrons. The summed E-state index contributed by atoms with van der Waals surface area (Å²) in [5.74, 6) is -1.23. The standard InChI is InChI=1S/C13H15N5O2/c1-18-7-16-5-11(18)6-17-10-3-8(12(14)19)2-9(4-10)13(15)20/h2-5,7,17H,6H2,1H3,(H2,14,19)(H2,15,20). The second-order valence-electron chi connectivity index (χ2n) is 4.38. The van der Waals surface area contributed by atoms with Gasteiger partial charge in [-0.25, -0.2) is 4.98 Å². The van der Waals surface area contributed by atoms with Gasteiger partial charge in [0.05, 0.1) is 18.6 Å². The van der Waals surface area contributed by atoms with Crippen molar-refractivity contribution >= 4 is 17.5 Å². The Labute approximate surface area is 115 Å². The number of nitrogens with zero attached hydrogens (tertiary/aromatic N) is 2. The van der Waals surface area contributed by atoms with E-state index < -0.39 is 11.8 Å². The highest BCUT2D eigenvalue weighted by Crippen LogP contribution is 2.15. The first-order valence-corrected chi connectivity index (χ1v) is 5.91. The summed E-state index contributed by atoms with van der Waals surface area (Å²) in [5.41, 5.74) is 12.5. The molecule has 7 nitrogen and oxygen atoms in total. The number of carbonyl (C=O) groups excluding carboxylic acids is 2. The van der Waals surface area contributed by atoms with Crippen LogP contribution in [-0.2, 0) is 13.6 Å². The molecule has 0 atom stereocenters. The van der Waals surface area contributed by atoms with Crippen LogP contribution < -0.4 is 16.8 Å². The molecule has 5 N–H and O–H groups in total. The van der Waals surface area contributed by atoms with E-state index in [0.717, 1.165) is 5.69 Å². The molecule has 2 aromatic rings. The second kappa shape index (κ2) is 5.43. The first kappa shape index (κ1) is 13.6. The molecule has 1 heterocycles. The van der Waals surface area contributed by atoms with Crippen LogP contribution in [0.4, 0.5) is 5.69 Å².